The molecule has 0 saturated heterocycles. The van der Waals surface area contributed by atoms with Gasteiger partial charge in [-0.05, 0) is 32.1 Å². The number of hydrogen-bond acceptors (Lipinski definition) is 5. The lowest BCUT2D eigenvalue weighted by atomic mass is 10.0. The number of carbonyl (C=O) groups is 1. The lowest BCUT2D eigenvalue weighted by Crippen LogP contribution is -2.25. The van der Waals surface area contributed by atoms with Crippen molar-refractivity contribution in [1.82, 2.24) is 20.3 Å². The maximum Gasteiger partial charge on any atom is 0.271 e. The van der Waals surface area contributed by atoms with E-state index in [4.69, 9.17) is 4.98 Å². The molecule has 1 N–H and O–H groups in total. The average molecular weight is 302 g/mol. The van der Waals surface area contributed by atoms with Crippen molar-refractivity contribution in [2.24, 2.45) is 0 Å². The van der Waals surface area contributed by atoms with Gasteiger partial charge in [0.1, 0.15) is 5.69 Å². The molecule has 3 rings (SSSR count). The van der Waals surface area contributed by atoms with E-state index in [2.05, 4.69) is 15.3 Å². The molecule has 0 atom stereocenters. The molecule has 2 aromatic rings. The van der Waals surface area contributed by atoms with Crippen molar-refractivity contribution < 1.29 is 4.79 Å². The third kappa shape index (κ3) is 3.64. The van der Waals surface area contributed by atoms with Crippen molar-refractivity contribution in [2.75, 3.05) is 6.54 Å². The van der Waals surface area contributed by atoms with Crippen molar-refractivity contribution in [2.45, 2.75) is 38.5 Å². The summed E-state index contributed by atoms with van der Waals surface area (Å²) in [6, 6.07) is 0. The van der Waals surface area contributed by atoms with E-state index >= 15 is 0 Å². The average Bonchev–Trinajstić information content (AvgIpc) is 2.95. The first-order valence-electron chi connectivity index (χ1n) is 7.34. The molecule has 0 saturated carbocycles. The molecule has 5 nitrogen and oxygen atoms in total. The molecule has 0 radical (unpaired) electrons. The molecule has 2 heterocycles. The third-order valence-corrected chi connectivity index (χ3v) is 4.76. The molecule has 110 valence electrons. The fraction of sp³-hybridized carbons (Fsp3) is 0.467. The summed E-state index contributed by atoms with van der Waals surface area (Å²) in [6.45, 7) is 0.639. The summed E-state index contributed by atoms with van der Waals surface area (Å²) in [7, 11) is 0. The smallest absolute Gasteiger partial charge is 0.271 e. The second-order valence-electron chi connectivity index (χ2n) is 5.13. The highest BCUT2D eigenvalue weighted by Crippen LogP contribution is 2.27. The first-order valence-corrected chi connectivity index (χ1v) is 8.16. The van der Waals surface area contributed by atoms with Gasteiger partial charge in [-0.25, -0.2) is 9.97 Å². The molecule has 0 unspecified atom stereocenters. The molecule has 0 spiro atoms. The zero-order chi connectivity index (χ0) is 14.5. The van der Waals surface area contributed by atoms with E-state index in [9.17, 15) is 4.79 Å². The fourth-order valence-electron chi connectivity index (χ4n) is 2.46. The maximum absolute atomic E-state index is 11.8. The summed E-state index contributed by atoms with van der Waals surface area (Å²) in [6.07, 6.45) is 11.3. The number of aromatic nitrogens is 3. The number of nitrogens with zero attached hydrogens (tertiary/aromatic N) is 3. The standard InChI is InChI=1S/C15H18N4OS/c20-15(12-10-16-8-9-17-12)18-7-3-6-14-19-11-4-1-2-5-13(11)21-14/h8-10H,1-7H2,(H,18,20). The number of amides is 1. The van der Waals surface area contributed by atoms with Gasteiger partial charge >= 0.3 is 0 Å². The van der Waals surface area contributed by atoms with Crippen molar-refractivity contribution in [1.29, 1.82) is 0 Å². The Morgan fingerprint density at radius 2 is 2.19 bits per heavy atom. The number of thiazole rings is 1. The van der Waals surface area contributed by atoms with Gasteiger partial charge in [-0.3, -0.25) is 9.78 Å². The number of aryl methyl sites for hydroxylation is 3. The van der Waals surface area contributed by atoms with Crippen LogP contribution in [0.4, 0.5) is 0 Å². The summed E-state index contributed by atoms with van der Waals surface area (Å²) in [5.41, 5.74) is 1.67. The molecule has 2 aromatic heterocycles. The van der Waals surface area contributed by atoms with Crippen molar-refractivity contribution >= 4 is 17.2 Å². The van der Waals surface area contributed by atoms with Crippen molar-refractivity contribution in [3.63, 3.8) is 0 Å². The van der Waals surface area contributed by atoms with Gasteiger partial charge in [0, 0.05) is 30.2 Å². The van der Waals surface area contributed by atoms with Crippen LogP contribution in [0.3, 0.4) is 0 Å². The normalized spacial score (nSPS) is 13.7. The van der Waals surface area contributed by atoms with Crippen LogP contribution in [0.15, 0.2) is 18.6 Å². The highest BCUT2D eigenvalue weighted by Gasteiger charge is 2.14. The van der Waals surface area contributed by atoms with Crippen LogP contribution in [0.25, 0.3) is 0 Å². The van der Waals surface area contributed by atoms with Gasteiger partial charge in [0.25, 0.3) is 5.91 Å². The quantitative estimate of drug-likeness (QED) is 0.860. The number of carbonyl (C=O) groups excluding carboxylic acids is 1. The zero-order valence-corrected chi connectivity index (χ0v) is 12.7. The minimum atomic E-state index is -0.165. The first-order chi connectivity index (χ1) is 10.3. The van der Waals surface area contributed by atoms with Gasteiger partial charge in [-0.15, -0.1) is 11.3 Å². The SMILES string of the molecule is O=C(NCCCc1nc2c(s1)CCCC2)c1cnccn1. The Balaban J connectivity index is 1.44. The summed E-state index contributed by atoms with van der Waals surface area (Å²) in [5, 5.41) is 4.07. The monoisotopic (exact) mass is 302 g/mol. The van der Waals surface area contributed by atoms with Gasteiger partial charge in [0.2, 0.25) is 0 Å². The Morgan fingerprint density at radius 1 is 1.29 bits per heavy atom. The second-order valence-corrected chi connectivity index (χ2v) is 6.30. The molecule has 6 heteroatoms. The molecule has 0 bridgehead atoms. The molecule has 0 fully saturated rings. The van der Waals surface area contributed by atoms with Crippen LogP contribution in [-0.4, -0.2) is 27.4 Å². The van der Waals surface area contributed by atoms with Gasteiger partial charge in [-0.2, -0.15) is 0 Å². The van der Waals surface area contributed by atoms with Crippen LogP contribution in [0.1, 0.15) is 45.3 Å². The molecule has 1 aliphatic carbocycles. The Hall–Kier alpha value is -1.82. The number of hydrogen-bond donors (Lipinski definition) is 1. The highest BCUT2D eigenvalue weighted by atomic mass is 32.1. The fourth-order valence-corrected chi connectivity index (χ4v) is 3.66. The predicted octanol–water partition coefficient (Wildman–Crippen LogP) is 2.17. The van der Waals surface area contributed by atoms with Crippen molar-refractivity contribution in [3.8, 4) is 0 Å². The van der Waals surface area contributed by atoms with Crippen molar-refractivity contribution in [3.05, 3.63) is 39.9 Å². The molecule has 1 aliphatic rings. The predicted molar refractivity (Wildman–Crippen MR) is 81.4 cm³/mol. The zero-order valence-electron chi connectivity index (χ0n) is 11.8. The molecule has 0 aromatic carbocycles. The van der Waals surface area contributed by atoms with Gasteiger partial charge in [0.15, 0.2) is 0 Å². The highest BCUT2D eigenvalue weighted by molar-refractivity contribution is 7.11. The molecule has 0 aliphatic heterocycles. The second kappa shape index (κ2) is 6.76. The first kappa shape index (κ1) is 14.1. The van der Waals surface area contributed by atoms with Gasteiger partial charge in [0.05, 0.1) is 16.9 Å². The number of rotatable bonds is 5. The Bertz CT molecular complexity index is 588. The van der Waals surface area contributed by atoms with Gasteiger partial charge in [-0.1, -0.05) is 0 Å². The minimum Gasteiger partial charge on any atom is -0.351 e. The Morgan fingerprint density at radius 3 is 3.00 bits per heavy atom. The van der Waals surface area contributed by atoms with E-state index < -0.39 is 0 Å². The number of nitrogens with one attached hydrogen (secondary N) is 1. The van der Waals surface area contributed by atoms with E-state index in [1.165, 1.54) is 47.2 Å². The van der Waals surface area contributed by atoms with E-state index in [-0.39, 0.29) is 5.91 Å². The topological polar surface area (TPSA) is 67.8 Å². The summed E-state index contributed by atoms with van der Waals surface area (Å²) >= 11 is 1.84. The molecular formula is C15H18N4OS. The molecular weight excluding hydrogens is 284 g/mol. The molecule has 21 heavy (non-hydrogen) atoms. The minimum absolute atomic E-state index is 0.165. The van der Waals surface area contributed by atoms with E-state index in [0.717, 1.165) is 19.3 Å². The van der Waals surface area contributed by atoms with E-state index in [1.807, 2.05) is 11.3 Å². The van der Waals surface area contributed by atoms with Crippen LogP contribution in [0, 0.1) is 0 Å². The lowest BCUT2D eigenvalue weighted by molar-refractivity contribution is 0.0948. The van der Waals surface area contributed by atoms with Crippen LogP contribution in [0.2, 0.25) is 0 Å². The maximum atomic E-state index is 11.8. The largest absolute Gasteiger partial charge is 0.351 e. The Kier molecular flexibility index (Phi) is 4.55. The van der Waals surface area contributed by atoms with Gasteiger partial charge < -0.3 is 5.32 Å². The summed E-state index contributed by atoms with van der Waals surface area (Å²) < 4.78 is 0. The summed E-state index contributed by atoms with van der Waals surface area (Å²) in [4.78, 5) is 25.8. The van der Waals surface area contributed by atoms with E-state index in [1.54, 1.807) is 6.20 Å². The van der Waals surface area contributed by atoms with Crippen LogP contribution >= 0.6 is 11.3 Å². The van der Waals surface area contributed by atoms with E-state index in [0.29, 0.717) is 12.2 Å². The summed E-state index contributed by atoms with van der Waals surface area (Å²) in [5.74, 6) is -0.165. The molecule has 1 amide bonds. The Labute approximate surface area is 127 Å². The van der Waals surface area contributed by atoms with Crippen LogP contribution in [-0.2, 0) is 19.3 Å². The van der Waals surface area contributed by atoms with Crippen LogP contribution < -0.4 is 5.32 Å². The van der Waals surface area contributed by atoms with Crippen LogP contribution in [0.5, 0.6) is 0 Å². The number of fused-ring (bicyclic) bond motifs is 1. The third-order valence-electron chi connectivity index (χ3n) is 3.54. The lowest BCUT2D eigenvalue weighted by Gasteiger charge is -2.06.